The number of nitrogens with one attached hydrogen (secondary N) is 1. The molecule has 0 heterocycles. The monoisotopic (exact) mass is 660 g/mol. The van der Waals surface area contributed by atoms with Crippen LogP contribution in [0.4, 0.5) is 14.5 Å². The number of hydrogen-bond donors (Lipinski definition) is 3. The van der Waals surface area contributed by atoms with Crippen LogP contribution in [0.3, 0.4) is 0 Å². The van der Waals surface area contributed by atoms with Crippen LogP contribution in [0, 0.1) is 17.6 Å². The van der Waals surface area contributed by atoms with E-state index in [1.165, 1.54) is 17.4 Å². The third-order valence-electron chi connectivity index (χ3n) is 8.59. The number of rotatable bonds is 15. The molecule has 12 heteroatoms. The molecule has 0 spiro atoms. The summed E-state index contributed by atoms with van der Waals surface area (Å²) in [6, 6.07) is 8.50. The van der Waals surface area contributed by atoms with Crippen LogP contribution in [-0.2, 0) is 31.6 Å². The van der Waals surface area contributed by atoms with E-state index in [0.29, 0.717) is 68.3 Å². The normalized spacial score (nSPS) is 19.1. The Labute approximate surface area is 271 Å². The van der Waals surface area contributed by atoms with E-state index < -0.39 is 50.9 Å². The van der Waals surface area contributed by atoms with Gasteiger partial charge in [-0.1, -0.05) is 32.9 Å². The first-order chi connectivity index (χ1) is 21.6. The Hall–Kier alpha value is -3.61. The van der Waals surface area contributed by atoms with Gasteiger partial charge in [-0.05, 0) is 84.7 Å². The summed E-state index contributed by atoms with van der Waals surface area (Å²) in [5.41, 5.74) is 6.99. The number of sulfonamides is 1. The number of anilines is 1. The number of carbonyl (C=O) groups is 2. The maximum atomic E-state index is 15.0. The minimum atomic E-state index is -3.46. The molecule has 1 amide bonds. The molecule has 2 aromatic carbocycles. The molecule has 1 unspecified atom stereocenters. The summed E-state index contributed by atoms with van der Waals surface area (Å²) in [6.45, 7) is 8.83. The van der Waals surface area contributed by atoms with Crippen LogP contribution in [0.5, 0.6) is 0 Å². The van der Waals surface area contributed by atoms with Crippen molar-refractivity contribution in [3.05, 3.63) is 88.0 Å². The van der Waals surface area contributed by atoms with E-state index in [-0.39, 0.29) is 11.1 Å². The lowest BCUT2D eigenvalue weighted by molar-refractivity contribution is -0.137. The Bertz CT molecular complexity index is 1580. The van der Waals surface area contributed by atoms with Gasteiger partial charge in [-0.25, -0.2) is 22.0 Å². The molecule has 0 fully saturated rings. The number of carboxylic acid groups (broad SMARTS) is 1. The number of halogens is 2. The van der Waals surface area contributed by atoms with Crippen LogP contribution in [0.1, 0.15) is 58.1 Å². The zero-order valence-electron chi connectivity index (χ0n) is 27.4. The molecule has 3 atom stereocenters. The summed E-state index contributed by atoms with van der Waals surface area (Å²) < 4.78 is 55.2. The van der Waals surface area contributed by atoms with Crippen molar-refractivity contribution in [2.75, 3.05) is 37.2 Å². The molecular weight excluding hydrogens is 614 g/mol. The maximum absolute atomic E-state index is 15.0. The van der Waals surface area contributed by atoms with E-state index in [2.05, 4.69) is 5.32 Å². The number of benzene rings is 2. The molecule has 46 heavy (non-hydrogen) atoms. The molecule has 1 aliphatic rings. The van der Waals surface area contributed by atoms with Gasteiger partial charge in [-0.15, -0.1) is 0 Å². The van der Waals surface area contributed by atoms with E-state index in [1.807, 2.05) is 26.8 Å². The number of carbonyl (C=O) groups excluding carboxylic acids is 1. The van der Waals surface area contributed by atoms with Gasteiger partial charge in [0, 0.05) is 39.3 Å². The third-order valence-corrected chi connectivity index (χ3v) is 9.80. The Morgan fingerprint density at radius 2 is 1.67 bits per heavy atom. The van der Waals surface area contributed by atoms with Crippen LogP contribution < -0.4 is 15.4 Å². The highest BCUT2D eigenvalue weighted by Crippen LogP contribution is 2.48. The number of nitrogens with zero attached hydrogens (tertiary/aromatic N) is 2. The van der Waals surface area contributed by atoms with Gasteiger partial charge in [-0.2, -0.15) is 0 Å². The first-order valence-corrected chi connectivity index (χ1v) is 17.4. The summed E-state index contributed by atoms with van der Waals surface area (Å²) in [4.78, 5) is 29.1. The molecule has 4 N–H and O–H groups in total. The topological polar surface area (TPSA) is 133 Å². The van der Waals surface area contributed by atoms with E-state index in [4.69, 9.17) is 5.73 Å². The minimum absolute atomic E-state index is 0.0316. The minimum Gasteiger partial charge on any atom is -0.478 e. The van der Waals surface area contributed by atoms with E-state index in [0.717, 1.165) is 24.0 Å². The second kappa shape index (κ2) is 15.3. The first-order valence-electron chi connectivity index (χ1n) is 15.5. The molecule has 0 aliphatic heterocycles. The lowest BCUT2D eigenvalue weighted by Gasteiger charge is -2.48. The Morgan fingerprint density at radius 3 is 2.20 bits per heavy atom. The standard InChI is InChI=1S/C34H46F2N4O5S/c1-7-13-40(14-8-2)33(43)34(25-17-26(35)19-27(36)18-25)30(22(4)15-29(31(34)37)32(41)42)24(9-3)21-38-20-23-11-10-12-28(16-23)39(5)46(6,44)45/h10-12,15-19,24,31,38H,7-9,13-14,20-21,37H2,1-6H3,(H,41,42)/t24-,31+,34?/m0/s1. The maximum Gasteiger partial charge on any atom is 0.333 e. The van der Waals surface area contributed by atoms with Crippen molar-refractivity contribution >= 4 is 27.6 Å². The number of aliphatic carboxylic acids is 1. The van der Waals surface area contributed by atoms with Gasteiger partial charge >= 0.3 is 5.97 Å². The van der Waals surface area contributed by atoms with Crippen molar-refractivity contribution < 1.29 is 31.9 Å². The zero-order valence-corrected chi connectivity index (χ0v) is 28.3. The van der Waals surface area contributed by atoms with Crippen molar-refractivity contribution in [2.24, 2.45) is 11.7 Å². The van der Waals surface area contributed by atoms with Crippen molar-refractivity contribution in [3.8, 4) is 0 Å². The Morgan fingerprint density at radius 1 is 1.07 bits per heavy atom. The molecule has 2 aromatic rings. The fourth-order valence-electron chi connectivity index (χ4n) is 6.44. The number of hydrogen-bond acceptors (Lipinski definition) is 6. The van der Waals surface area contributed by atoms with Crippen LogP contribution in [0.2, 0.25) is 0 Å². The fraction of sp³-hybridized carbons (Fsp3) is 0.471. The summed E-state index contributed by atoms with van der Waals surface area (Å²) in [5.74, 6) is -4.02. The summed E-state index contributed by atoms with van der Waals surface area (Å²) in [7, 11) is -1.98. The molecule has 3 rings (SSSR count). The van der Waals surface area contributed by atoms with Crippen LogP contribution >= 0.6 is 0 Å². The van der Waals surface area contributed by atoms with Crippen LogP contribution in [0.15, 0.2) is 65.3 Å². The predicted octanol–water partition coefficient (Wildman–Crippen LogP) is 4.73. The van der Waals surface area contributed by atoms with Crippen LogP contribution in [-0.4, -0.2) is 69.3 Å². The van der Waals surface area contributed by atoms with Gasteiger partial charge in [0.1, 0.15) is 17.0 Å². The number of allylic oxidation sites excluding steroid dienone is 2. The van der Waals surface area contributed by atoms with Crippen LogP contribution in [0.25, 0.3) is 0 Å². The highest BCUT2D eigenvalue weighted by molar-refractivity contribution is 7.92. The summed E-state index contributed by atoms with van der Waals surface area (Å²) in [5, 5.41) is 13.6. The molecule has 0 bridgehead atoms. The molecule has 0 saturated heterocycles. The van der Waals surface area contributed by atoms with Crippen molar-refractivity contribution in [3.63, 3.8) is 0 Å². The van der Waals surface area contributed by atoms with E-state index in [1.54, 1.807) is 30.0 Å². The molecule has 0 radical (unpaired) electrons. The molecule has 9 nitrogen and oxygen atoms in total. The fourth-order valence-corrected chi connectivity index (χ4v) is 6.94. The predicted molar refractivity (Wildman–Crippen MR) is 177 cm³/mol. The van der Waals surface area contributed by atoms with Gasteiger partial charge in [-0.3, -0.25) is 9.10 Å². The van der Waals surface area contributed by atoms with Gasteiger partial charge in [0.05, 0.1) is 23.6 Å². The Balaban J connectivity index is 2.19. The highest BCUT2D eigenvalue weighted by atomic mass is 32.2. The zero-order chi connectivity index (χ0) is 34.4. The van der Waals surface area contributed by atoms with E-state index in [9.17, 15) is 31.9 Å². The van der Waals surface area contributed by atoms with Gasteiger partial charge in [0.25, 0.3) is 0 Å². The second-order valence-corrected chi connectivity index (χ2v) is 13.9. The largest absolute Gasteiger partial charge is 0.478 e. The first kappa shape index (κ1) is 36.9. The number of nitrogens with two attached hydrogens (primary N) is 1. The van der Waals surface area contributed by atoms with Crippen molar-refractivity contribution in [2.45, 2.75) is 65.0 Å². The van der Waals surface area contributed by atoms with Crippen molar-refractivity contribution in [1.82, 2.24) is 10.2 Å². The Kier molecular flexibility index (Phi) is 12.3. The third kappa shape index (κ3) is 7.67. The number of amides is 1. The second-order valence-electron chi connectivity index (χ2n) is 11.9. The summed E-state index contributed by atoms with van der Waals surface area (Å²) in [6.07, 6.45) is 4.30. The molecule has 1 aliphatic carbocycles. The molecule has 0 aromatic heterocycles. The van der Waals surface area contributed by atoms with Gasteiger partial charge in [0.15, 0.2) is 0 Å². The lowest BCUT2D eigenvalue weighted by Crippen LogP contribution is -2.62. The SMILES string of the molecule is CCCN(CCC)C(=O)C1(c2cc(F)cc(F)c2)C([C@@H](CC)CNCc2cccc(N(C)S(C)(=O)=O)c2)=C(C)C=C(C(=O)O)[C@H]1N. The molecular formula is C34H46F2N4O5S. The van der Waals surface area contributed by atoms with Crippen molar-refractivity contribution in [1.29, 1.82) is 0 Å². The molecule has 252 valence electrons. The average Bonchev–Trinajstić information content (AvgIpc) is 2.98. The van der Waals surface area contributed by atoms with E-state index >= 15 is 0 Å². The lowest BCUT2D eigenvalue weighted by atomic mass is 9.58. The molecule has 0 saturated carbocycles. The summed E-state index contributed by atoms with van der Waals surface area (Å²) >= 11 is 0. The average molecular weight is 661 g/mol. The van der Waals surface area contributed by atoms with Gasteiger partial charge < -0.3 is 21.1 Å². The number of carboxylic acids is 1. The van der Waals surface area contributed by atoms with Gasteiger partial charge in [0.2, 0.25) is 15.9 Å². The highest BCUT2D eigenvalue weighted by Gasteiger charge is 2.56. The quantitative estimate of drug-likeness (QED) is 0.252. The smallest absolute Gasteiger partial charge is 0.333 e.